The average Bonchev–Trinajstić information content (AvgIpc) is 2.63. The molecule has 0 bridgehead atoms. The fourth-order valence-electron chi connectivity index (χ4n) is 2.18. The number of benzene rings is 2. The first kappa shape index (κ1) is 18.5. The van der Waals surface area contributed by atoms with Crippen LogP contribution in [0.25, 0.3) is 0 Å². The minimum atomic E-state index is -0.250. The van der Waals surface area contributed by atoms with Gasteiger partial charge in [0.2, 0.25) is 0 Å². The van der Waals surface area contributed by atoms with Crippen molar-refractivity contribution in [3.05, 3.63) is 59.7 Å². The number of carbonyl (C=O) groups is 2. The van der Waals surface area contributed by atoms with Crippen molar-refractivity contribution in [1.82, 2.24) is 5.32 Å². The number of hydrogen-bond acceptors (Lipinski definition) is 4. The Kier molecular flexibility index (Phi) is 6.98. The van der Waals surface area contributed by atoms with Crippen LogP contribution in [0.3, 0.4) is 0 Å². The Morgan fingerprint density at radius 3 is 2.44 bits per heavy atom. The molecule has 0 radical (unpaired) electrons. The van der Waals surface area contributed by atoms with E-state index < -0.39 is 0 Å². The Labute approximate surface area is 147 Å². The highest BCUT2D eigenvalue weighted by Gasteiger charge is 2.09. The lowest BCUT2D eigenvalue weighted by atomic mass is 10.1. The largest absolute Gasteiger partial charge is 0.494 e. The van der Waals surface area contributed by atoms with Gasteiger partial charge in [-0.25, -0.2) is 0 Å². The normalized spacial score (nSPS) is 10.2. The van der Waals surface area contributed by atoms with E-state index in [2.05, 4.69) is 10.6 Å². The average molecular weight is 342 g/mol. The fraction of sp³-hybridized carbons (Fsp3) is 0.263. The molecule has 2 rings (SSSR count). The predicted octanol–water partition coefficient (Wildman–Crippen LogP) is 2.71. The van der Waals surface area contributed by atoms with Crippen LogP contribution in [0.15, 0.2) is 48.5 Å². The zero-order chi connectivity index (χ0) is 18.1. The number of methoxy groups -OCH3 is 1. The third-order valence-corrected chi connectivity index (χ3v) is 3.40. The molecular weight excluding hydrogens is 320 g/mol. The molecule has 25 heavy (non-hydrogen) atoms. The molecule has 0 aliphatic rings. The lowest BCUT2D eigenvalue weighted by Gasteiger charge is -2.09. The first-order valence-electron chi connectivity index (χ1n) is 8.05. The minimum Gasteiger partial charge on any atom is -0.494 e. The van der Waals surface area contributed by atoms with Crippen LogP contribution in [0.2, 0.25) is 0 Å². The van der Waals surface area contributed by atoms with Gasteiger partial charge in [-0.2, -0.15) is 0 Å². The SMILES string of the molecule is CCOc1ccc(C(=O)Nc2cccc(C(=O)NCCOC)c2)cc1. The maximum Gasteiger partial charge on any atom is 0.255 e. The first-order chi connectivity index (χ1) is 12.1. The van der Waals surface area contributed by atoms with E-state index in [1.807, 2.05) is 6.92 Å². The number of rotatable bonds is 8. The van der Waals surface area contributed by atoms with E-state index in [0.29, 0.717) is 42.3 Å². The van der Waals surface area contributed by atoms with Gasteiger partial charge in [-0.1, -0.05) is 6.07 Å². The van der Waals surface area contributed by atoms with Crippen molar-refractivity contribution in [3.8, 4) is 5.75 Å². The van der Waals surface area contributed by atoms with Gasteiger partial charge in [0.1, 0.15) is 5.75 Å². The van der Waals surface area contributed by atoms with Crippen LogP contribution in [-0.4, -0.2) is 38.7 Å². The summed E-state index contributed by atoms with van der Waals surface area (Å²) < 4.78 is 10.3. The minimum absolute atomic E-state index is 0.214. The molecule has 0 atom stereocenters. The highest BCUT2D eigenvalue weighted by Crippen LogP contribution is 2.15. The van der Waals surface area contributed by atoms with Crippen molar-refractivity contribution in [1.29, 1.82) is 0 Å². The van der Waals surface area contributed by atoms with Crippen molar-refractivity contribution in [3.63, 3.8) is 0 Å². The van der Waals surface area contributed by atoms with Gasteiger partial charge in [0, 0.05) is 30.5 Å². The molecule has 2 aromatic carbocycles. The Balaban J connectivity index is 2.00. The molecule has 0 saturated heterocycles. The van der Waals surface area contributed by atoms with Crippen molar-refractivity contribution < 1.29 is 19.1 Å². The Morgan fingerprint density at radius 1 is 1.00 bits per heavy atom. The van der Waals surface area contributed by atoms with Crippen molar-refractivity contribution in [2.24, 2.45) is 0 Å². The van der Waals surface area contributed by atoms with Gasteiger partial charge in [0.05, 0.1) is 13.2 Å². The smallest absolute Gasteiger partial charge is 0.255 e. The number of carbonyl (C=O) groups excluding carboxylic acids is 2. The predicted molar refractivity (Wildman–Crippen MR) is 96.2 cm³/mol. The quantitative estimate of drug-likeness (QED) is 0.723. The Bertz CT molecular complexity index is 714. The van der Waals surface area contributed by atoms with E-state index in [4.69, 9.17) is 9.47 Å². The summed E-state index contributed by atoms with van der Waals surface area (Å²) in [6, 6.07) is 13.7. The summed E-state index contributed by atoms with van der Waals surface area (Å²) in [5, 5.41) is 5.53. The van der Waals surface area contributed by atoms with E-state index in [1.165, 1.54) is 0 Å². The van der Waals surface area contributed by atoms with Crippen LogP contribution >= 0.6 is 0 Å². The lowest BCUT2D eigenvalue weighted by Crippen LogP contribution is -2.27. The van der Waals surface area contributed by atoms with Gasteiger partial charge in [0.25, 0.3) is 11.8 Å². The van der Waals surface area contributed by atoms with Gasteiger partial charge >= 0.3 is 0 Å². The highest BCUT2D eigenvalue weighted by atomic mass is 16.5. The molecule has 0 aliphatic heterocycles. The topological polar surface area (TPSA) is 76.7 Å². The monoisotopic (exact) mass is 342 g/mol. The van der Waals surface area contributed by atoms with Gasteiger partial charge in [-0.05, 0) is 49.4 Å². The summed E-state index contributed by atoms with van der Waals surface area (Å²) in [6.07, 6.45) is 0. The van der Waals surface area contributed by atoms with Gasteiger partial charge in [0.15, 0.2) is 0 Å². The molecule has 0 aromatic heterocycles. The lowest BCUT2D eigenvalue weighted by molar-refractivity contribution is 0.0936. The second kappa shape index (κ2) is 9.44. The first-order valence-corrected chi connectivity index (χ1v) is 8.05. The summed E-state index contributed by atoms with van der Waals surface area (Å²) >= 11 is 0. The molecule has 2 aromatic rings. The Hall–Kier alpha value is -2.86. The maximum absolute atomic E-state index is 12.3. The van der Waals surface area contributed by atoms with E-state index in [9.17, 15) is 9.59 Å². The van der Waals surface area contributed by atoms with Gasteiger partial charge in [-0.3, -0.25) is 9.59 Å². The van der Waals surface area contributed by atoms with Crippen LogP contribution in [0, 0.1) is 0 Å². The van der Waals surface area contributed by atoms with Crippen LogP contribution in [0.1, 0.15) is 27.6 Å². The van der Waals surface area contributed by atoms with Gasteiger partial charge < -0.3 is 20.1 Å². The second-order valence-electron chi connectivity index (χ2n) is 5.24. The zero-order valence-corrected chi connectivity index (χ0v) is 14.4. The van der Waals surface area contributed by atoms with E-state index >= 15 is 0 Å². The number of hydrogen-bond donors (Lipinski definition) is 2. The molecule has 0 saturated carbocycles. The molecular formula is C19H22N2O4. The molecule has 2 N–H and O–H groups in total. The van der Waals surface area contributed by atoms with Crippen molar-refractivity contribution >= 4 is 17.5 Å². The third-order valence-electron chi connectivity index (χ3n) is 3.40. The fourth-order valence-corrected chi connectivity index (χ4v) is 2.18. The highest BCUT2D eigenvalue weighted by molar-refractivity contribution is 6.05. The summed E-state index contributed by atoms with van der Waals surface area (Å²) in [6.45, 7) is 3.35. The van der Waals surface area contributed by atoms with Crippen LogP contribution in [0.4, 0.5) is 5.69 Å². The van der Waals surface area contributed by atoms with Crippen molar-refractivity contribution in [2.45, 2.75) is 6.92 Å². The van der Waals surface area contributed by atoms with Crippen molar-refractivity contribution in [2.75, 3.05) is 32.2 Å². The van der Waals surface area contributed by atoms with E-state index in [1.54, 1.807) is 55.6 Å². The number of amides is 2. The summed E-state index contributed by atoms with van der Waals surface area (Å²) in [5.41, 5.74) is 1.54. The van der Waals surface area contributed by atoms with E-state index in [-0.39, 0.29) is 11.8 Å². The molecule has 0 fully saturated rings. The number of anilines is 1. The molecule has 0 aliphatic carbocycles. The third kappa shape index (κ3) is 5.61. The molecule has 0 unspecified atom stereocenters. The molecule has 6 heteroatoms. The second-order valence-corrected chi connectivity index (χ2v) is 5.24. The van der Waals surface area contributed by atoms with Gasteiger partial charge in [-0.15, -0.1) is 0 Å². The Morgan fingerprint density at radius 2 is 1.76 bits per heavy atom. The molecule has 0 heterocycles. The van der Waals surface area contributed by atoms with E-state index in [0.717, 1.165) is 0 Å². The zero-order valence-electron chi connectivity index (χ0n) is 14.4. The van der Waals surface area contributed by atoms with Crippen LogP contribution in [-0.2, 0) is 4.74 Å². The van der Waals surface area contributed by atoms with Crippen LogP contribution in [0.5, 0.6) is 5.75 Å². The summed E-state index contributed by atoms with van der Waals surface area (Å²) in [7, 11) is 1.57. The molecule has 2 amide bonds. The maximum atomic E-state index is 12.3. The molecule has 0 spiro atoms. The summed E-state index contributed by atoms with van der Waals surface area (Å²) in [4.78, 5) is 24.3. The number of nitrogens with one attached hydrogen (secondary N) is 2. The summed E-state index contributed by atoms with van der Waals surface area (Å²) in [5.74, 6) is 0.253. The number of ether oxygens (including phenoxy) is 2. The standard InChI is InChI=1S/C19H22N2O4/c1-3-25-17-9-7-14(8-10-17)19(23)21-16-6-4-5-15(13-16)18(22)20-11-12-24-2/h4-10,13H,3,11-12H2,1-2H3,(H,20,22)(H,21,23). The van der Waals surface area contributed by atoms with Crippen LogP contribution < -0.4 is 15.4 Å². The molecule has 132 valence electrons. The molecule has 6 nitrogen and oxygen atoms in total.